The molecule has 3 nitrogen and oxygen atoms in total. The minimum absolute atomic E-state index is 0.167. The Morgan fingerprint density at radius 3 is 1.42 bits per heavy atom. The van der Waals surface area contributed by atoms with Crippen molar-refractivity contribution in [3.63, 3.8) is 0 Å². The zero-order valence-electron chi connectivity index (χ0n) is 35.7. The van der Waals surface area contributed by atoms with Crippen LogP contribution in [0, 0.1) is 0 Å². The summed E-state index contributed by atoms with van der Waals surface area (Å²) in [5.74, 6) is 1.55. The van der Waals surface area contributed by atoms with Crippen LogP contribution in [0.5, 0.6) is 0 Å². The van der Waals surface area contributed by atoms with E-state index in [1.165, 1.54) is 89.0 Å². The summed E-state index contributed by atoms with van der Waals surface area (Å²) in [5, 5.41) is 3.71. The van der Waals surface area contributed by atoms with Crippen LogP contribution >= 0.6 is 0 Å². The van der Waals surface area contributed by atoms with Gasteiger partial charge in [0.05, 0.1) is 5.41 Å². The van der Waals surface area contributed by atoms with Gasteiger partial charge in [0.1, 0.15) is 12.0 Å². The fourth-order valence-corrected chi connectivity index (χ4v) is 11.4. The Kier molecular flexibility index (Phi) is 7.93. The third-order valence-corrected chi connectivity index (χ3v) is 14.4. The van der Waals surface area contributed by atoms with Gasteiger partial charge in [-0.2, -0.15) is 0 Å². The molecule has 64 heavy (non-hydrogen) atoms. The summed E-state index contributed by atoms with van der Waals surface area (Å²) >= 11 is 0. The van der Waals surface area contributed by atoms with Crippen LogP contribution in [0.2, 0.25) is 0 Å². The third-order valence-electron chi connectivity index (χ3n) is 14.4. The Labute approximate surface area is 374 Å². The molecule has 1 atom stereocenters. The molecule has 0 radical (unpaired) electrons. The van der Waals surface area contributed by atoms with Gasteiger partial charge < -0.3 is 5.32 Å². The standard InChI is InChI=1S/C61H43N3/c1-60(2)51-33-30-40(35-49(51)50-36-42(31-34-52(50)60)59-63-57(38-17-5-3-6-18-38)62-58(64-59)39-19-7-4-8-20-39)41-29-32-48-47-25-13-16-28-55(47)61(56(48)37-41)53-26-14-11-23-45(53)43-21-9-10-22-44(43)46-24-12-15-27-54(46)61/h3-37,57H,1-2H3,(H,62,63,64). The van der Waals surface area contributed by atoms with Gasteiger partial charge in [0, 0.05) is 16.5 Å². The van der Waals surface area contributed by atoms with Crippen molar-refractivity contribution in [2.24, 2.45) is 9.98 Å². The lowest BCUT2D eigenvalue weighted by Gasteiger charge is -2.35. The number of hydrogen-bond donors (Lipinski definition) is 1. The first kappa shape index (κ1) is 36.7. The molecule has 1 heterocycles. The number of nitrogens with one attached hydrogen (secondary N) is 1. The van der Waals surface area contributed by atoms with E-state index in [1.807, 2.05) is 24.3 Å². The lowest BCUT2D eigenvalue weighted by molar-refractivity contribution is 0.660. The van der Waals surface area contributed by atoms with E-state index in [-0.39, 0.29) is 11.6 Å². The highest BCUT2D eigenvalue weighted by atomic mass is 15.2. The van der Waals surface area contributed by atoms with Crippen molar-refractivity contribution in [2.45, 2.75) is 30.8 Å². The Morgan fingerprint density at radius 1 is 0.359 bits per heavy atom. The Balaban J connectivity index is 0.974. The number of benzene rings is 9. The highest BCUT2D eigenvalue weighted by Crippen LogP contribution is 2.62. The number of fused-ring (bicyclic) bond motifs is 15. The van der Waals surface area contributed by atoms with Crippen LogP contribution in [0.1, 0.15) is 70.1 Å². The lowest BCUT2D eigenvalue weighted by atomic mass is 9.65. The van der Waals surface area contributed by atoms with Crippen molar-refractivity contribution in [1.29, 1.82) is 0 Å². The monoisotopic (exact) mass is 817 g/mol. The molecule has 0 aromatic heterocycles. The molecule has 302 valence electrons. The van der Waals surface area contributed by atoms with Crippen LogP contribution in [0.3, 0.4) is 0 Å². The van der Waals surface area contributed by atoms with E-state index in [9.17, 15) is 0 Å². The van der Waals surface area contributed by atoms with Crippen LogP contribution in [0.4, 0.5) is 0 Å². The van der Waals surface area contributed by atoms with Gasteiger partial charge >= 0.3 is 0 Å². The van der Waals surface area contributed by atoms with Crippen molar-refractivity contribution in [3.05, 3.63) is 262 Å². The van der Waals surface area contributed by atoms with Crippen LogP contribution in [-0.4, -0.2) is 11.7 Å². The van der Waals surface area contributed by atoms with Crippen LogP contribution < -0.4 is 5.32 Å². The number of aliphatic imine (C=N–C) groups is 2. The summed E-state index contributed by atoms with van der Waals surface area (Å²) in [5.41, 5.74) is 23.0. The predicted molar refractivity (Wildman–Crippen MR) is 263 cm³/mol. The molecule has 1 unspecified atom stereocenters. The number of amidine groups is 2. The Hall–Kier alpha value is -7.88. The second-order valence-electron chi connectivity index (χ2n) is 18.1. The van der Waals surface area contributed by atoms with Crippen LogP contribution in [-0.2, 0) is 10.8 Å². The maximum Gasteiger partial charge on any atom is 0.159 e. The maximum absolute atomic E-state index is 5.18. The molecule has 1 N–H and O–H groups in total. The second kappa shape index (κ2) is 13.8. The van der Waals surface area contributed by atoms with Crippen LogP contribution in [0.25, 0.3) is 55.6 Å². The molecule has 0 saturated carbocycles. The smallest absolute Gasteiger partial charge is 0.159 e. The molecule has 9 aromatic rings. The van der Waals surface area contributed by atoms with Gasteiger partial charge in [-0.05, 0) is 113 Å². The SMILES string of the molecule is CC1(C)c2ccc(C3=NC(c4ccccc4)=NC(c4ccccc4)N3)cc2-c2cc(-c3ccc4c(c3)C3(c5ccccc5-c5ccccc5-c5ccccc53)c3ccccc3-4)ccc21. The first-order valence-electron chi connectivity index (χ1n) is 22.4. The molecule has 13 rings (SSSR count). The van der Waals surface area contributed by atoms with E-state index < -0.39 is 5.41 Å². The van der Waals surface area contributed by atoms with Crippen molar-refractivity contribution >= 4 is 11.7 Å². The number of nitrogens with zero attached hydrogens (tertiary/aromatic N) is 2. The van der Waals surface area contributed by atoms with Crippen molar-refractivity contribution in [2.75, 3.05) is 0 Å². The van der Waals surface area contributed by atoms with Gasteiger partial charge in [0.2, 0.25) is 0 Å². The lowest BCUT2D eigenvalue weighted by Crippen LogP contribution is -2.33. The molecule has 0 bridgehead atoms. The summed E-state index contributed by atoms with van der Waals surface area (Å²) in [7, 11) is 0. The summed E-state index contributed by atoms with van der Waals surface area (Å²) in [6.07, 6.45) is -0.261. The predicted octanol–water partition coefficient (Wildman–Crippen LogP) is 14.2. The van der Waals surface area contributed by atoms with E-state index in [0.29, 0.717) is 0 Å². The van der Waals surface area contributed by atoms with Gasteiger partial charge in [-0.1, -0.05) is 208 Å². The van der Waals surface area contributed by atoms with Crippen molar-refractivity contribution in [3.8, 4) is 55.6 Å². The highest BCUT2D eigenvalue weighted by molar-refractivity contribution is 6.13. The molecule has 4 aliphatic rings. The van der Waals surface area contributed by atoms with Crippen LogP contribution in [0.15, 0.2) is 222 Å². The van der Waals surface area contributed by atoms with E-state index in [0.717, 1.165) is 28.4 Å². The fraction of sp³-hybridized carbons (Fsp3) is 0.0820. The second-order valence-corrected chi connectivity index (χ2v) is 18.1. The molecule has 1 aliphatic heterocycles. The number of rotatable bonds is 4. The largest absolute Gasteiger partial charge is 0.344 e. The zero-order chi connectivity index (χ0) is 42.6. The van der Waals surface area contributed by atoms with Gasteiger partial charge in [-0.15, -0.1) is 0 Å². The molecule has 0 amide bonds. The third kappa shape index (κ3) is 5.22. The van der Waals surface area contributed by atoms with Crippen molar-refractivity contribution in [1.82, 2.24) is 5.32 Å². The van der Waals surface area contributed by atoms with Crippen molar-refractivity contribution < 1.29 is 0 Å². The van der Waals surface area contributed by atoms with E-state index in [1.54, 1.807) is 0 Å². The minimum atomic E-state index is -0.526. The van der Waals surface area contributed by atoms with E-state index in [2.05, 4.69) is 207 Å². The first-order chi connectivity index (χ1) is 31.5. The first-order valence-corrected chi connectivity index (χ1v) is 22.4. The normalized spacial score (nSPS) is 16.4. The quantitative estimate of drug-likeness (QED) is 0.189. The maximum atomic E-state index is 5.18. The molecule has 1 spiro atoms. The summed E-state index contributed by atoms with van der Waals surface area (Å²) in [6.45, 7) is 4.71. The topological polar surface area (TPSA) is 36.8 Å². The molecular formula is C61H43N3. The molecule has 0 fully saturated rings. The minimum Gasteiger partial charge on any atom is -0.344 e. The average molecular weight is 818 g/mol. The van der Waals surface area contributed by atoms with Gasteiger partial charge in [0.25, 0.3) is 0 Å². The molecular weight excluding hydrogens is 775 g/mol. The zero-order valence-corrected chi connectivity index (χ0v) is 35.7. The molecule has 9 aromatic carbocycles. The van der Waals surface area contributed by atoms with E-state index in [4.69, 9.17) is 9.98 Å². The van der Waals surface area contributed by atoms with Gasteiger partial charge in [0.15, 0.2) is 5.84 Å². The summed E-state index contributed by atoms with van der Waals surface area (Å²) in [6, 6.07) is 78.3. The number of hydrogen-bond acceptors (Lipinski definition) is 3. The molecule has 0 saturated heterocycles. The van der Waals surface area contributed by atoms with Gasteiger partial charge in [-0.3, -0.25) is 0 Å². The average Bonchev–Trinajstić information content (AvgIpc) is 3.74. The summed E-state index contributed by atoms with van der Waals surface area (Å²) in [4.78, 5) is 10.3. The Bertz CT molecular complexity index is 3380. The fourth-order valence-electron chi connectivity index (χ4n) is 11.4. The summed E-state index contributed by atoms with van der Waals surface area (Å²) < 4.78 is 0. The van der Waals surface area contributed by atoms with Gasteiger partial charge in [-0.25, -0.2) is 9.98 Å². The Morgan fingerprint density at radius 2 is 0.812 bits per heavy atom. The van der Waals surface area contributed by atoms with E-state index >= 15 is 0 Å². The molecule has 3 heteroatoms. The molecule has 3 aliphatic carbocycles. The highest BCUT2D eigenvalue weighted by Gasteiger charge is 2.49.